The van der Waals surface area contributed by atoms with Crippen LogP contribution in [0.5, 0.6) is 5.75 Å². The lowest BCUT2D eigenvalue weighted by Crippen LogP contribution is -2.42. The maximum atomic E-state index is 14.4. The number of benzene rings is 2. The predicted octanol–water partition coefficient (Wildman–Crippen LogP) is 7.57. The molecule has 1 aliphatic rings. The van der Waals surface area contributed by atoms with Crippen molar-refractivity contribution in [3.8, 4) is 16.9 Å². The Morgan fingerprint density at radius 2 is 1.90 bits per heavy atom. The maximum absolute atomic E-state index is 14.4. The molecule has 0 bridgehead atoms. The van der Waals surface area contributed by atoms with Crippen molar-refractivity contribution in [2.45, 2.75) is 58.2 Å². The van der Waals surface area contributed by atoms with Gasteiger partial charge in [-0.05, 0) is 74.7 Å². The van der Waals surface area contributed by atoms with Gasteiger partial charge in [0.25, 0.3) is 0 Å². The number of ether oxygens (including phenoxy) is 1. The Morgan fingerprint density at radius 3 is 2.56 bits per heavy atom. The average molecular weight is 592 g/mol. The van der Waals surface area contributed by atoms with Gasteiger partial charge in [0.15, 0.2) is 0 Å². The lowest BCUT2D eigenvalue weighted by Gasteiger charge is -2.34. The number of rotatable bonds is 9. The highest BCUT2D eigenvalue weighted by molar-refractivity contribution is 7.21. The molecule has 4 aromatic rings. The van der Waals surface area contributed by atoms with Gasteiger partial charge in [-0.25, -0.2) is 4.79 Å². The average Bonchev–Trinajstić information content (AvgIpc) is 3.42. The molecule has 0 spiro atoms. The summed E-state index contributed by atoms with van der Waals surface area (Å²) in [6.07, 6.45) is 4.11. The molecule has 1 saturated carbocycles. The number of nitrogens with one attached hydrogen (secondary N) is 1. The molecule has 7 nitrogen and oxygen atoms in total. The number of fused-ring (bicyclic) bond motifs is 1. The van der Waals surface area contributed by atoms with Crippen molar-refractivity contribution in [1.29, 1.82) is 0 Å². The Balaban J connectivity index is 1.55. The number of carbonyl (C=O) groups is 2. The molecule has 0 unspecified atom stereocenters. The highest BCUT2D eigenvalue weighted by atomic mass is 35.5. The van der Waals surface area contributed by atoms with E-state index in [0.29, 0.717) is 34.4 Å². The quantitative estimate of drug-likeness (QED) is 0.195. The Kier molecular flexibility index (Phi) is 8.92. The maximum Gasteiger partial charge on any atom is 0.407 e. The SMILES string of the molecule is CCOc1c(Cl)cc(-c2ccc(C)nc2)c(C(=O)c2cc3ccccc3s2)c1CNC1CCC(N(C)C(=O)O)CC1. The summed E-state index contributed by atoms with van der Waals surface area (Å²) in [7, 11) is 1.63. The molecular weight excluding hydrogens is 558 g/mol. The second-order valence-electron chi connectivity index (χ2n) is 10.5. The first-order valence-electron chi connectivity index (χ1n) is 13.9. The van der Waals surface area contributed by atoms with Crippen LogP contribution in [0, 0.1) is 6.92 Å². The number of aromatic nitrogens is 1. The molecule has 2 N–H and O–H groups in total. The van der Waals surface area contributed by atoms with Crippen molar-refractivity contribution in [3.05, 3.63) is 81.4 Å². The molecule has 2 aromatic carbocycles. The number of hydrogen-bond donors (Lipinski definition) is 2. The number of carboxylic acid groups (broad SMARTS) is 1. The van der Waals surface area contributed by atoms with Gasteiger partial charge in [0.2, 0.25) is 5.78 Å². The van der Waals surface area contributed by atoms with Gasteiger partial charge in [0.1, 0.15) is 5.75 Å². The Hall–Kier alpha value is -3.46. The second kappa shape index (κ2) is 12.6. The van der Waals surface area contributed by atoms with E-state index in [9.17, 15) is 14.7 Å². The highest BCUT2D eigenvalue weighted by Gasteiger charge is 2.29. The summed E-state index contributed by atoms with van der Waals surface area (Å²) in [5.41, 5.74) is 3.69. The smallest absolute Gasteiger partial charge is 0.407 e. The summed E-state index contributed by atoms with van der Waals surface area (Å²) in [6.45, 7) is 4.62. The van der Waals surface area contributed by atoms with Crippen LogP contribution in [-0.4, -0.2) is 52.6 Å². The van der Waals surface area contributed by atoms with E-state index in [1.165, 1.54) is 16.2 Å². The summed E-state index contributed by atoms with van der Waals surface area (Å²) in [5, 5.41) is 14.5. The molecule has 9 heteroatoms. The predicted molar refractivity (Wildman–Crippen MR) is 165 cm³/mol. The largest absolute Gasteiger partial charge is 0.492 e. The number of carbonyl (C=O) groups excluding carboxylic acids is 1. The van der Waals surface area contributed by atoms with E-state index in [0.717, 1.165) is 58.2 Å². The molecule has 2 heterocycles. The van der Waals surface area contributed by atoms with E-state index in [-0.39, 0.29) is 17.9 Å². The number of amides is 1. The van der Waals surface area contributed by atoms with Crippen LogP contribution < -0.4 is 10.1 Å². The van der Waals surface area contributed by atoms with Gasteiger partial charge in [0.05, 0.1) is 16.5 Å². The number of aryl methyl sites for hydroxylation is 1. The molecule has 1 fully saturated rings. The van der Waals surface area contributed by atoms with Crippen LogP contribution in [0.1, 0.15) is 59.1 Å². The monoisotopic (exact) mass is 591 g/mol. The summed E-state index contributed by atoms with van der Waals surface area (Å²) >= 11 is 8.32. The summed E-state index contributed by atoms with van der Waals surface area (Å²) < 4.78 is 7.12. The molecule has 1 aliphatic carbocycles. The van der Waals surface area contributed by atoms with E-state index in [4.69, 9.17) is 16.3 Å². The lowest BCUT2D eigenvalue weighted by molar-refractivity contribution is 0.104. The zero-order valence-corrected chi connectivity index (χ0v) is 25.0. The molecule has 214 valence electrons. The fourth-order valence-corrected chi connectivity index (χ4v) is 6.84. The molecule has 0 aliphatic heterocycles. The zero-order valence-electron chi connectivity index (χ0n) is 23.4. The number of nitrogens with zero attached hydrogens (tertiary/aromatic N) is 2. The zero-order chi connectivity index (χ0) is 29.1. The topological polar surface area (TPSA) is 91.8 Å². The van der Waals surface area contributed by atoms with Crippen LogP contribution in [0.2, 0.25) is 5.02 Å². The standard InChI is InChI=1S/C32H34ClN3O4S/c1-4-40-31-25(18-35-22-11-13-23(14-12-22)36(3)32(38)39)29(24(16-26(31)33)21-10-9-19(2)34-17-21)30(37)28-15-20-7-5-6-8-27(20)41-28/h5-10,15-17,22-23,35H,4,11-14,18H2,1-3H3,(H,38,39). The van der Waals surface area contributed by atoms with Crippen LogP contribution in [0.4, 0.5) is 4.79 Å². The number of halogens is 1. The molecule has 5 rings (SSSR count). The third-order valence-electron chi connectivity index (χ3n) is 7.83. The minimum absolute atomic E-state index is 0.0152. The molecule has 0 saturated heterocycles. The fourth-order valence-electron chi connectivity index (χ4n) is 5.55. The molecular formula is C32H34ClN3O4S. The van der Waals surface area contributed by atoms with Crippen LogP contribution in [0.25, 0.3) is 21.2 Å². The number of pyridine rings is 1. The van der Waals surface area contributed by atoms with Crippen LogP contribution in [0.15, 0.2) is 54.7 Å². The summed E-state index contributed by atoms with van der Waals surface area (Å²) in [5.74, 6) is 0.428. The lowest BCUT2D eigenvalue weighted by atomic mass is 9.89. The Morgan fingerprint density at radius 1 is 1.15 bits per heavy atom. The van der Waals surface area contributed by atoms with Gasteiger partial charge in [-0.3, -0.25) is 9.78 Å². The van der Waals surface area contributed by atoms with Gasteiger partial charge in [0, 0.05) is 59.0 Å². The molecule has 2 aromatic heterocycles. The molecule has 41 heavy (non-hydrogen) atoms. The van der Waals surface area contributed by atoms with Gasteiger partial charge in [-0.2, -0.15) is 0 Å². The first-order valence-corrected chi connectivity index (χ1v) is 15.1. The van der Waals surface area contributed by atoms with Gasteiger partial charge in [-0.15, -0.1) is 11.3 Å². The third kappa shape index (κ3) is 6.25. The van der Waals surface area contributed by atoms with Crippen molar-refractivity contribution >= 4 is 44.9 Å². The minimum Gasteiger partial charge on any atom is -0.492 e. The van der Waals surface area contributed by atoms with Gasteiger partial charge < -0.3 is 20.1 Å². The van der Waals surface area contributed by atoms with Crippen molar-refractivity contribution in [3.63, 3.8) is 0 Å². The Labute approximate surface area is 249 Å². The number of ketones is 1. The van der Waals surface area contributed by atoms with Crippen LogP contribution in [0.3, 0.4) is 0 Å². The molecule has 1 amide bonds. The van der Waals surface area contributed by atoms with E-state index in [1.54, 1.807) is 13.2 Å². The molecule has 0 radical (unpaired) electrons. The number of hydrogen-bond acceptors (Lipinski definition) is 6. The van der Waals surface area contributed by atoms with Crippen molar-refractivity contribution in [2.75, 3.05) is 13.7 Å². The summed E-state index contributed by atoms with van der Waals surface area (Å²) in [4.78, 5) is 32.4. The minimum atomic E-state index is -0.899. The Bertz CT molecular complexity index is 1530. The van der Waals surface area contributed by atoms with Gasteiger partial charge >= 0.3 is 6.09 Å². The first-order chi connectivity index (χ1) is 19.8. The number of thiophene rings is 1. The van der Waals surface area contributed by atoms with E-state index < -0.39 is 6.09 Å². The van der Waals surface area contributed by atoms with E-state index in [2.05, 4.69) is 10.3 Å². The molecule has 0 atom stereocenters. The second-order valence-corrected chi connectivity index (χ2v) is 12.0. The van der Waals surface area contributed by atoms with Gasteiger partial charge in [-0.1, -0.05) is 35.9 Å². The van der Waals surface area contributed by atoms with Crippen LogP contribution >= 0.6 is 22.9 Å². The van der Waals surface area contributed by atoms with Crippen molar-refractivity contribution < 1.29 is 19.4 Å². The highest BCUT2D eigenvalue weighted by Crippen LogP contribution is 2.41. The van der Waals surface area contributed by atoms with Crippen molar-refractivity contribution in [1.82, 2.24) is 15.2 Å². The van der Waals surface area contributed by atoms with Crippen LogP contribution in [-0.2, 0) is 6.54 Å². The fraction of sp³-hybridized carbons (Fsp3) is 0.344. The van der Waals surface area contributed by atoms with Crippen molar-refractivity contribution in [2.24, 2.45) is 0 Å². The summed E-state index contributed by atoms with van der Waals surface area (Å²) in [6, 6.07) is 15.8. The first kappa shape index (κ1) is 29.0. The van der Waals surface area contributed by atoms with E-state index >= 15 is 0 Å². The normalized spacial score (nSPS) is 17.0. The van der Waals surface area contributed by atoms with E-state index in [1.807, 2.05) is 62.4 Å². The third-order valence-corrected chi connectivity index (χ3v) is 9.23.